The van der Waals surface area contributed by atoms with Crippen LogP contribution in [-0.2, 0) is 5.60 Å². The first-order valence-electron chi connectivity index (χ1n) is 10.8. The lowest BCUT2D eigenvalue weighted by Crippen LogP contribution is -2.29. The molecule has 1 N–H and O–H groups in total. The lowest BCUT2D eigenvalue weighted by atomic mass is 9.94. The molecule has 3 aromatic carbocycles. The Bertz CT molecular complexity index is 1530. The Labute approximate surface area is 222 Å². The van der Waals surface area contributed by atoms with Crippen LogP contribution in [0.4, 0.5) is 13.2 Å². The van der Waals surface area contributed by atoms with Gasteiger partial charge in [-0.05, 0) is 88.2 Å². The van der Waals surface area contributed by atoms with Crippen molar-refractivity contribution in [1.82, 2.24) is 9.97 Å². The predicted octanol–water partition coefficient (Wildman–Crippen LogP) is 8.19. The maximum absolute atomic E-state index is 12.7. The summed E-state index contributed by atoms with van der Waals surface area (Å²) in [6.45, 7) is 3.88. The number of ether oxygens (including phenoxy) is 2. The second-order valence-electron chi connectivity index (χ2n) is 8.52. The van der Waals surface area contributed by atoms with Crippen molar-refractivity contribution in [1.29, 1.82) is 0 Å². The molecule has 0 amide bonds. The summed E-state index contributed by atoms with van der Waals surface area (Å²) in [6, 6.07) is 17.0. The maximum atomic E-state index is 12.7. The van der Waals surface area contributed by atoms with E-state index in [1.165, 1.54) is 18.2 Å². The third-order valence-corrected chi connectivity index (χ3v) is 6.88. The van der Waals surface area contributed by atoms with Crippen LogP contribution >= 0.6 is 31.9 Å². The van der Waals surface area contributed by atoms with Crippen LogP contribution in [0.1, 0.15) is 30.7 Å². The number of hydrogen-bond acceptors (Lipinski definition) is 3. The highest BCUT2D eigenvalue weighted by Crippen LogP contribution is 2.46. The summed E-state index contributed by atoms with van der Waals surface area (Å²) in [5.74, 6) is 6.62. The highest BCUT2D eigenvalue weighted by atomic mass is 79.9. The molecule has 5 rings (SSSR count). The quantitative estimate of drug-likeness (QED) is 0.231. The molecule has 0 bridgehead atoms. The van der Waals surface area contributed by atoms with E-state index in [2.05, 4.69) is 53.4 Å². The molecule has 0 radical (unpaired) electrons. The van der Waals surface area contributed by atoms with Gasteiger partial charge in [0.05, 0.1) is 17.0 Å². The number of nitrogens with zero attached hydrogens (tertiary/aromatic N) is 1. The number of imidazole rings is 1. The molecule has 182 valence electrons. The van der Waals surface area contributed by atoms with Gasteiger partial charge in [0.25, 0.3) is 0 Å². The molecular weight excluding hydrogens is 601 g/mol. The summed E-state index contributed by atoms with van der Waals surface area (Å²) in [5, 5.41) is 0. The third-order valence-electron chi connectivity index (χ3n) is 5.56. The first-order valence-corrected chi connectivity index (χ1v) is 12.4. The van der Waals surface area contributed by atoms with E-state index < -0.39 is 12.0 Å². The number of halogens is 5. The van der Waals surface area contributed by atoms with Crippen LogP contribution in [0, 0.1) is 11.8 Å². The number of fused-ring (bicyclic) bond motifs is 3. The van der Waals surface area contributed by atoms with Gasteiger partial charge in [0.15, 0.2) is 0 Å². The van der Waals surface area contributed by atoms with Gasteiger partial charge in [-0.15, -0.1) is 13.2 Å². The minimum atomic E-state index is -4.80. The molecular formula is C27H17Br2F3N2O2. The predicted molar refractivity (Wildman–Crippen MR) is 138 cm³/mol. The molecule has 0 spiro atoms. The van der Waals surface area contributed by atoms with E-state index in [0.717, 1.165) is 31.5 Å². The minimum Gasteiger partial charge on any atom is -0.481 e. The van der Waals surface area contributed by atoms with Crippen molar-refractivity contribution in [3.8, 4) is 46.0 Å². The van der Waals surface area contributed by atoms with Crippen molar-refractivity contribution in [3.63, 3.8) is 0 Å². The summed E-state index contributed by atoms with van der Waals surface area (Å²) in [4.78, 5) is 8.31. The van der Waals surface area contributed by atoms with Gasteiger partial charge in [0.1, 0.15) is 22.9 Å². The van der Waals surface area contributed by atoms with Crippen LogP contribution < -0.4 is 9.47 Å². The zero-order chi connectivity index (χ0) is 25.7. The van der Waals surface area contributed by atoms with Gasteiger partial charge in [-0.2, -0.15) is 0 Å². The van der Waals surface area contributed by atoms with E-state index in [4.69, 9.17) is 9.72 Å². The molecule has 36 heavy (non-hydrogen) atoms. The Morgan fingerprint density at radius 2 is 1.69 bits per heavy atom. The summed E-state index contributed by atoms with van der Waals surface area (Å²) in [7, 11) is 0. The number of H-pyrrole nitrogens is 1. The number of aromatic nitrogens is 2. The van der Waals surface area contributed by atoms with Gasteiger partial charge in [0, 0.05) is 25.6 Å². The Morgan fingerprint density at radius 3 is 2.42 bits per heavy atom. The molecule has 0 saturated carbocycles. The van der Waals surface area contributed by atoms with Crippen LogP contribution in [-0.4, -0.2) is 16.3 Å². The van der Waals surface area contributed by atoms with E-state index in [1.54, 1.807) is 18.2 Å². The summed E-state index contributed by atoms with van der Waals surface area (Å²) >= 11 is 7.19. The monoisotopic (exact) mass is 616 g/mol. The fraction of sp³-hybridized carbons (Fsp3) is 0.148. The van der Waals surface area contributed by atoms with Gasteiger partial charge in [-0.3, -0.25) is 0 Å². The standard InChI is InChI=1S/C27H17Br2F3N2O2/c1-26(2)24-23(33-25(34-24)22-18(28)7-5-8-19(22)29)17-13-11-15(14-21(17)35-26)10-12-16-6-3-4-9-20(16)36-27(30,31)32/h3-9,11,13-14H,1-2H3,(H,33,34). The lowest BCUT2D eigenvalue weighted by Gasteiger charge is -2.31. The van der Waals surface area contributed by atoms with Crippen LogP contribution in [0.25, 0.3) is 22.6 Å². The number of benzene rings is 3. The largest absolute Gasteiger partial charge is 0.573 e. The van der Waals surface area contributed by atoms with Gasteiger partial charge in [-0.1, -0.05) is 30.0 Å². The molecule has 9 heteroatoms. The molecule has 4 aromatic rings. The second kappa shape index (κ2) is 9.02. The fourth-order valence-corrected chi connectivity index (χ4v) is 5.35. The van der Waals surface area contributed by atoms with E-state index >= 15 is 0 Å². The average molecular weight is 618 g/mol. The van der Waals surface area contributed by atoms with Crippen molar-refractivity contribution in [3.05, 3.63) is 86.4 Å². The summed E-state index contributed by atoms with van der Waals surface area (Å²) in [6.07, 6.45) is -4.80. The molecule has 1 aromatic heterocycles. The zero-order valence-corrected chi connectivity index (χ0v) is 22.1. The van der Waals surface area contributed by atoms with Gasteiger partial charge in [-0.25, -0.2) is 4.98 Å². The zero-order valence-electron chi connectivity index (χ0n) is 18.9. The molecule has 0 atom stereocenters. The topological polar surface area (TPSA) is 47.1 Å². The Hall–Kier alpha value is -3.22. The second-order valence-corrected chi connectivity index (χ2v) is 10.2. The van der Waals surface area contributed by atoms with Gasteiger partial charge >= 0.3 is 6.36 Å². The Morgan fingerprint density at radius 1 is 0.972 bits per heavy atom. The van der Waals surface area contributed by atoms with E-state index in [-0.39, 0.29) is 11.3 Å². The molecule has 0 fully saturated rings. The van der Waals surface area contributed by atoms with Crippen molar-refractivity contribution < 1.29 is 22.6 Å². The van der Waals surface area contributed by atoms with Gasteiger partial charge in [0.2, 0.25) is 0 Å². The van der Waals surface area contributed by atoms with Crippen LogP contribution in [0.3, 0.4) is 0 Å². The van der Waals surface area contributed by atoms with Crippen molar-refractivity contribution in [2.75, 3.05) is 0 Å². The fourth-order valence-electron chi connectivity index (χ4n) is 3.98. The molecule has 0 aliphatic carbocycles. The molecule has 2 heterocycles. The molecule has 0 unspecified atom stereocenters. The normalized spacial score (nSPS) is 13.6. The van der Waals surface area contributed by atoms with Crippen molar-refractivity contribution in [2.24, 2.45) is 0 Å². The van der Waals surface area contributed by atoms with Crippen LogP contribution in [0.2, 0.25) is 0 Å². The number of para-hydroxylation sites is 1. The first kappa shape index (κ1) is 24.5. The molecule has 4 nitrogen and oxygen atoms in total. The van der Waals surface area contributed by atoms with Crippen LogP contribution in [0.5, 0.6) is 11.5 Å². The van der Waals surface area contributed by atoms with E-state index in [0.29, 0.717) is 17.1 Å². The van der Waals surface area contributed by atoms with Crippen molar-refractivity contribution in [2.45, 2.75) is 25.8 Å². The number of rotatable bonds is 2. The smallest absolute Gasteiger partial charge is 0.481 e. The lowest BCUT2D eigenvalue weighted by molar-refractivity contribution is -0.274. The van der Waals surface area contributed by atoms with E-state index in [9.17, 15) is 13.2 Å². The Balaban J connectivity index is 1.54. The van der Waals surface area contributed by atoms with Crippen molar-refractivity contribution >= 4 is 31.9 Å². The Kier molecular flexibility index (Phi) is 6.13. The minimum absolute atomic E-state index is 0.132. The summed E-state index contributed by atoms with van der Waals surface area (Å²) < 4.78 is 50.3. The number of nitrogens with one attached hydrogen (secondary N) is 1. The molecule has 1 aliphatic heterocycles. The maximum Gasteiger partial charge on any atom is 0.573 e. The number of hydrogen-bond donors (Lipinski definition) is 1. The number of alkyl halides is 3. The third kappa shape index (κ3) is 4.75. The highest BCUT2D eigenvalue weighted by molar-refractivity contribution is 9.11. The van der Waals surface area contributed by atoms with E-state index in [1.807, 2.05) is 38.1 Å². The first-order chi connectivity index (χ1) is 17.0. The highest BCUT2D eigenvalue weighted by Gasteiger charge is 2.36. The number of aromatic amines is 1. The average Bonchev–Trinajstić information content (AvgIpc) is 3.23. The molecule has 0 saturated heterocycles. The summed E-state index contributed by atoms with van der Waals surface area (Å²) in [5.41, 5.74) is 3.30. The van der Waals surface area contributed by atoms with Gasteiger partial charge < -0.3 is 14.5 Å². The SMILES string of the molecule is CC1(C)Oc2cc(C#Cc3ccccc3OC(F)(F)F)ccc2-c2nc(-c3c(Br)cccc3Br)[nH]c21. The van der Waals surface area contributed by atoms with Crippen LogP contribution in [0.15, 0.2) is 69.6 Å². The molecule has 1 aliphatic rings.